The second-order valence-corrected chi connectivity index (χ2v) is 10.7. The monoisotopic (exact) mass is 872 g/mol. The van der Waals surface area contributed by atoms with Gasteiger partial charge in [0, 0.05) is 0 Å². The van der Waals surface area contributed by atoms with Gasteiger partial charge in [-0.1, -0.05) is 24.3 Å². The van der Waals surface area contributed by atoms with Crippen LogP contribution in [0, 0.1) is 60.7 Å². The number of para-hydroxylation sites is 4. The highest BCUT2D eigenvalue weighted by Gasteiger charge is 2.31. The van der Waals surface area contributed by atoms with Crippen LogP contribution in [0.15, 0.2) is 72.8 Å². The van der Waals surface area contributed by atoms with Gasteiger partial charge in [0.15, 0.2) is 23.0 Å². The van der Waals surface area contributed by atoms with E-state index in [0.29, 0.717) is 100 Å². The van der Waals surface area contributed by atoms with Gasteiger partial charge >= 0.3 is 22.7 Å². The van der Waals surface area contributed by atoms with Gasteiger partial charge < -0.3 is 55.1 Å². The quantitative estimate of drug-likeness (QED) is 0.208. The summed E-state index contributed by atoms with van der Waals surface area (Å²) >= 11 is 0. The lowest BCUT2D eigenvalue weighted by Gasteiger charge is -2.15. The molecule has 0 spiro atoms. The highest BCUT2D eigenvalue weighted by atomic mass is 16.7. The van der Waals surface area contributed by atoms with Gasteiger partial charge in [-0.2, -0.15) is 0 Å². The Morgan fingerprint density at radius 2 is 0.590 bits per heavy atom. The smallest absolute Gasteiger partial charge is 0.324 e. The number of nitrogens with zero attached hydrogens (tertiary/aromatic N) is 6. The van der Waals surface area contributed by atoms with E-state index in [1.807, 2.05) is 48.5 Å². The van der Waals surface area contributed by atoms with E-state index >= 15 is 0 Å². The minimum atomic E-state index is -1.21. The van der Waals surface area contributed by atoms with Crippen LogP contribution in [-0.2, 0) is 9.47 Å². The summed E-state index contributed by atoms with van der Waals surface area (Å²) in [6, 6.07) is 16.9. The molecule has 0 aromatic heterocycles. The Morgan fingerprint density at radius 3 is 0.770 bits per heavy atom. The van der Waals surface area contributed by atoms with E-state index in [0.717, 1.165) is 0 Å². The molecule has 0 saturated carbocycles. The Balaban J connectivity index is 0.000000907. The molecule has 0 fully saturated rings. The summed E-state index contributed by atoms with van der Waals surface area (Å²) in [4.78, 5) is 55.5. The van der Waals surface area contributed by atoms with E-state index in [2.05, 4.69) is 0 Å². The summed E-state index contributed by atoms with van der Waals surface area (Å²) in [5.41, 5.74) is -6.00. The molecule has 0 radical (unpaired) electrons. The number of hydrogen-bond donors (Lipinski definition) is 2. The average molecular weight is 873 g/mol. The van der Waals surface area contributed by atoms with Crippen molar-refractivity contribution in [2.75, 3.05) is 52.9 Å². The van der Waals surface area contributed by atoms with Crippen LogP contribution in [0.25, 0.3) is 0 Å². The van der Waals surface area contributed by atoms with Crippen LogP contribution in [0.5, 0.6) is 34.5 Å². The van der Waals surface area contributed by atoms with Gasteiger partial charge in [0.1, 0.15) is 26.4 Å². The van der Waals surface area contributed by atoms with E-state index in [4.69, 9.17) is 38.6 Å². The standard InChI is InChI=1S/C20H24O6.2C6H3N3O7.3H2O/c1-2-6-18-17(5-1)23-13-9-21-11-15-25-19-7-3-4-8-20(19)26-16-12-22-10-14-24-18;2*10-6-4(8(13)14)1-3(7(11)12)2-5(6)9(15)16;;;/h1-8H,9-16H2;2*1-2,10H;3*1H2. The molecule has 0 saturated heterocycles. The van der Waals surface area contributed by atoms with Crippen LogP contribution >= 0.6 is 0 Å². The number of fused-ring (bicyclic) bond motifs is 2. The maximum Gasteiger partial charge on any atom is 0.324 e. The normalized spacial score (nSPS) is 12.3. The zero-order chi connectivity index (χ0) is 42.8. The Kier molecular flexibility index (Phi) is 22.5. The number of phenols is 2. The summed E-state index contributed by atoms with van der Waals surface area (Å²) in [5, 5.41) is 80.4. The lowest BCUT2D eigenvalue weighted by molar-refractivity contribution is -0.404. The first-order chi connectivity index (χ1) is 27.6. The van der Waals surface area contributed by atoms with Crippen LogP contribution in [-0.4, -0.2) is 109 Å². The molecule has 1 aliphatic heterocycles. The van der Waals surface area contributed by atoms with Gasteiger partial charge in [0.05, 0.1) is 80.2 Å². The molecule has 0 aliphatic carbocycles. The summed E-state index contributed by atoms with van der Waals surface area (Å²) < 4.78 is 34.1. The molecule has 4 aromatic carbocycles. The lowest BCUT2D eigenvalue weighted by Crippen LogP contribution is -2.15. The van der Waals surface area contributed by atoms with Crippen molar-refractivity contribution in [2.24, 2.45) is 0 Å². The van der Waals surface area contributed by atoms with Crippen molar-refractivity contribution < 1.29 is 84.6 Å². The van der Waals surface area contributed by atoms with E-state index in [1.54, 1.807) is 0 Å². The highest BCUT2D eigenvalue weighted by molar-refractivity contribution is 5.65. The SMILES string of the molecule is O.O.O.O=[N+]([O-])c1cc([N+](=O)[O-])c(O)c([N+](=O)[O-])c1.O=[N+]([O-])c1cc([N+](=O)[O-])c(O)c([N+](=O)[O-])c1.c1ccc2c(c1)OCCOCCOc1ccccc1OCCOCCO2. The maximum atomic E-state index is 10.4. The van der Waals surface area contributed by atoms with Gasteiger partial charge in [0.2, 0.25) is 0 Å². The van der Waals surface area contributed by atoms with Crippen molar-refractivity contribution in [2.45, 2.75) is 0 Å². The summed E-state index contributed by atoms with van der Waals surface area (Å²) in [5.74, 6) is 0.383. The minimum Gasteiger partial charge on any atom is -0.497 e. The first kappa shape index (κ1) is 52.9. The molecule has 8 N–H and O–H groups in total. The number of hydrogen-bond acceptors (Lipinski definition) is 20. The number of ether oxygens (including phenoxy) is 6. The molecule has 332 valence electrons. The Morgan fingerprint density at radius 1 is 0.377 bits per heavy atom. The van der Waals surface area contributed by atoms with Gasteiger partial charge in [-0.25, -0.2) is 0 Å². The first-order valence-corrected chi connectivity index (χ1v) is 16.1. The molecule has 29 nitrogen and oxygen atoms in total. The molecule has 0 amide bonds. The summed E-state index contributed by atoms with van der Waals surface area (Å²) in [6.07, 6.45) is 0. The highest BCUT2D eigenvalue weighted by Crippen LogP contribution is 2.40. The lowest BCUT2D eigenvalue weighted by atomic mass is 10.2. The molecular formula is C32H36N6O23. The molecule has 0 bridgehead atoms. The van der Waals surface area contributed by atoms with Gasteiger partial charge in [-0.15, -0.1) is 0 Å². The third-order valence-corrected chi connectivity index (χ3v) is 6.96. The molecular weight excluding hydrogens is 836 g/mol. The van der Waals surface area contributed by atoms with Crippen molar-refractivity contribution >= 4 is 34.1 Å². The number of nitro groups is 6. The fourth-order valence-corrected chi connectivity index (χ4v) is 4.37. The molecule has 61 heavy (non-hydrogen) atoms. The van der Waals surface area contributed by atoms with Crippen molar-refractivity contribution in [1.29, 1.82) is 0 Å². The third-order valence-electron chi connectivity index (χ3n) is 6.96. The molecule has 5 rings (SSSR count). The minimum absolute atomic E-state index is 0. The molecule has 4 aromatic rings. The number of rotatable bonds is 6. The zero-order valence-electron chi connectivity index (χ0n) is 31.0. The van der Waals surface area contributed by atoms with Crippen LogP contribution in [0.2, 0.25) is 0 Å². The Labute approximate surface area is 339 Å². The number of non-ortho nitro benzene ring substituents is 2. The van der Waals surface area contributed by atoms with Crippen LogP contribution < -0.4 is 18.9 Å². The molecule has 0 unspecified atom stereocenters. The fraction of sp³-hybridized carbons (Fsp3) is 0.250. The number of aromatic hydroxyl groups is 2. The van der Waals surface area contributed by atoms with Crippen LogP contribution in [0.4, 0.5) is 34.1 Å². The predicted octanol–water partition coefficient (Wildman–Crippen LogP) is 2.71. The van der Waals surface area contributed by atoms with Crippen molar-refractivity contribution in [3.05, 3.63) is 133 Å². The Bertz CT molecular complexity index is 1860. The van der Waals surface area contributed by atoms with Crippen molar-refractivity contribution in [1.82, 2.24) is 0 Å². The van der Waals surface area contributed by atoms with E-state index < -0.39 is 75.2 Å². The number of benzene rings is 4. The largest absolute Gasteiger partial charge is 0.497 e. The third kappa shape index (κ3) is 16.0. The predicted molar refractivity (Wildman–Crippen MR) is 203 cm³/mol. The van der Waals surface area contributed by atoms with Crippen molar-refractivity contribution in [3.8, 4) is 34.5 Å². The molecule has 0 atom stereocenters. The molecule has 29 heteroatoms. The first-order valence-electron chi connectivity index (χ1n) is 16.1. The Hall–Kier alpha value is -8.12. The summed E-state index contributed by atoms with van der Waals surface area (Å²) in [6.45, 7) is 3.65. The number of phenolic OH excluding ortho intramolecular Hbond substituents is 2. The van der Waals surface area contributed by atoms with E-state index in [-0.39, 0.29) is 16.4 Å². The maximum absolute atomic E-state index is 10.4. The topological polar surface area (TPSA) is 449 Å². The molecule has 1 heterocycles. The second kappa shape index (κ2) is 26.0. The zero-order valence-corrected chi connectivity index (χ0v) is 31.0. The van der Waals surface area contributed by atoms with E-state index in [9.17, 15) is 60.7 Å². The number of nitro benzene ring substituents is 6. The fourth-order valence-electron chi connectivity index (χ4n) is 4.37. The van der Waals surface area contributed by atoms with E-state index in [1.165, 1.54) is 0 Å². The summed E-state index contributed by atoms with van der Waals surface area (Å²) in [7, 11) is 0. The molecule has 1 aliphatic rings. The second-order valence-electron chi connectivity index (χ2n) is 10.7. The average Bonchev–Trinajstić information content (AvgIpc) is 3.17. The van der Waals surface area contributed by atoms with Crippen LogP contribution in [0.3, 0.4) is 0 Å². The van der Waals surface area contributed by atoms with Gasteiger partial charge in [0.25, 0.3) is 22.9 Å². The van der Waals surface area contributed by atoms with Gasteiger partial charge in [-0.05, 0) is 24.3 Å². The van der Waals surface area contributed by atoms with Gasteiger partial charge in [-0.3, -0.25) is 60.7 Å². The van der Waals surface area contributed by atoms with Crippen LogP contribution in [0.1, 0.15) is 0 Å². The van der Waals surface area contributed by atoms with Crippen molar-refractivity contribution in [3.63, 3.8) is 0 Å².